The zero-order valence-electron chi connectivity index (χ0n) is 8.82. The fourth-order valence-electron chi connectivity index (χ4n) is 2.11. The van der Waals surface area contributed by atoms with Gasteiger partial charge in [0.2, 0.25) is 0 Å². The van der Waals surface area contributed by atoms with Gasteiger partial charge < -0.3 is 5.32 Å². The summed E-state index contributed by atoms with van der Waals surface area (Å²) in [5.74, 6) is 0.154. The molecule has 1 nitrogen and oxygen atoms in total. The van der Waals surface area contributed by atoms with Crippen molar-refractivity contribution in [2.24, 2.45) is 0 Å². The number of benzene rings is 1. The zero-order chi connectivity index (χ0) is 10.8. The summed E-state index contributed by atoms with van der Waals surface area (Å²) in [6.07, 6.45) is 2.09. The highest BCUT2D eigenvalue weighted by molar-refractivity contribution is 6.31. The molecule has 1 heterocycles. The summed E-state index contributed by atoms with van der Waals surface area (Å²) in [4.78, 5) is 0. The Bertz CT molecular complexity index is 359. The summed E-state index contributed by atoms with van der Waals surface area (Å²) in [5, 5.41) is 3.61. The number of rotatable bonds is 1. The van der Waals surface area contributed by atoms with Gasteiger partial charge in [-0.3, -0.25) is 0 Å². The molecule has 82 valence electrons. The van der Waals surface area contributed by atoms with Crippen molar-refractivity contribution in [2.45, 2.75) is 25.7 Å². The van der Waals surface area contributed by atoms with Gasteiger partial charge in [0.05, 0.1) is 5.02 Å². The maximum absolute atomic E-state index is 13.6. The molecule has 3 heteroatoms. The van der Waals surface area contributed by atoms with Crippen LogP contribution in [-0.2, 0) is 0 Å². The molecule has 1 saturated heterocycles. The minimum atomic E-state index is -0.257. The predicted molar refractivity (Wildman–Crippen MR) is 61.0 cm³/mol. The Kier molecular flexibility index (Phi) is 3.27. The number of aryl methyl sites for hydroxylation is 1. The lowest BCUT2D eigenvalue weighted by molar-refractivity contribution is 0.458. The second kappa shape index (κ2) is 4.50. The Balaban J connectivity index is 2.31. The average Bonchev–Trinajstić information content (AvgIpc) is 2.27. The van der Waals surface area contributed by atoms with Crippen LogP contribution in [0.25, 0.3) is 0 Å². The lowest BCUT2D eigenvalue weighted by Gasteiger charge is -2.24. The van der Waals surface area contributed by atoms with E-state index in [-0.39, 0.29) is 5.82 Å². The molecule has 0 atom stereocenters. The first kappa shape index (κ1) is 10.9. The molecule has 1 aromatic carbocycles. The molecule has 0 bridgehead atoms. The molecule has 2 rings (SSSR count). The van der Waals surface area contributed by atoms with Gasteiger partial charge in [0.25, 0.3) is 0 Å². The van der Waals surface area contributed by atoms with Gasteiger partial charge in [0, 0.05) is 0 Å². The van der Waals surface area contributed by atoms with Crippen LogP contribution < -0.4 is 5.32 Å². The molecule has 0 saturated carbocycles. The van der Waals surface area contributed by atoms with Crippen LogP contribution in [-0.4, -0.2) is 13.1 Å². The molecule has 1 aromatic rings. The van der Waals surface area contributed by atoms with Crippen LogP contribution in [0, 0.1) is 12.7 Å². The Hall–Kier alpha value is -0.600. The van der Waals surface area contributed by atoms with Gasteiger partial charge in [-0.2, -0.15) is 0 Å². The van der Waals surface area contributed by atoms with Crippen molar-refractivity contribution in [1.82, 2.24) is 5.32 Å². The SMILES string of the molecule is Cc1ccc(C2CCNCC2)c(Cl)c1F. The Morgan fingerprint density at radius 3 is 2.67 bits per heavy atom. The highest BCUT2D eigenvalue weighted by Gasteiger charge is 2.20. The van der Waals surface area contributed by atoms with E-state index < -0.39 is 0 Å². The van der Waals surface area contributed by atoms with E-state index >= 15 is 0 Å². The highest BCUT2D eigenvalue weighted by Crippen LogP contribution is 2.33. The molecular weight excluding hydrogens is 213 g/mol. The molecule has 0 unspecified atom stereocenters. The lowest BCUT2D eigenvalue weighted by Crippen LogP contribution is -2.26. The minimum absolute atomic E-state index is 0.257. The van der Waals surface area contributed by atoms with Gasteiger partial charge in [0.1, 0.15) is 5.82 Å². The first-order valence-corrected chi connectivity index (χ1v) is 5.73. The van der Waals surface area contributed by atoms with Crippen molar-refractivity contribution in [3.63, 3.8) is 0 Å². The smallest absolute Gasteiger partial charge is 0.144 e. The molecule has 0 spiro atoms. The Morgan fingerprint density at radius 1 is 1.33 bits per heavy atom. The molecule has 1 fully saturated rings. The van der Waals surface area contributed by atoms with E-state index in [1.807, 2.05) is 12.1 Å². The van der Waals surface area contributed by atoms with Crippen LogP contribution in [0.15, 0.2) is 12.1 Å². The number of halogens is 2. The fraction of sp³-hybridized carbons (Fsp3) is 0.500. The molecule has 0 aliphatic carbocycles. The zero-order valence-corrected chi connectivity index (χ0v) is 9.57. The molecule has 15 heavy (non-hydrogen) atoms. The number of hydrogen-bond donors (Lipinski definition) is 1. The van der Waals surface area contributed by atoms with E-state index in [4.69, 9.17) is 11.6 Å². The van der Waals surface area contributed by atoms with E-state index in [2.05, 4.69) is 5.32 Å². The number of nitrogens with one attached hydrogen (secondary N) is 1. The third-order valence-corrected chi connectivity index (χ3v) is 3.47. The van der Waals surface area contributed by atoms with Crippen LogP contribution in [0.5, 0.6) is 0 Å². The summed E-state index contributed by atoms with van der Waals surface area (Å²) < 4.78 is 13.6. The lowest BCUT2D eigenvalue weighted by atomic mass is 9.89. The first-order chi connectivity index (χ1) is 7.20. The minimum Gasteiger partial charge on any atom is -0.317 e. The van der Waals surface area contributed by atoms with Crippen LogP contribution in [0.3, 0.4) is 0 Å². The van der Waals surface area contributed by atoms with Gasteiger partial charge in [-0.05, 0) is 49.9 Å². The van der Waals surface area contributed by atoms with E-state index in [0.717, 1.165) is 31.5 Å². The summed E-state index contributed by atoms with van der Waals surface area (Å²) in [6, 6.07) is 3.79. The van der Waals surface area contributed by atoms with E-state index in [1.165, 1.54) is 0 Å². The third kappa shape index (κ3) is 2.16. The largest absolute Gasteiger partial charge is 0.317 e. The van der Waals surface area contributed by atoms with Gasteiger partial charge in [0.15, 0.2) is 0 Å². The van der Waals surface area contributed by atoms with Gasteiger partial charge in [-0.25, -0.2) is 4.39 Å². The Labute approximate surface area is 94.6 Å². The predicted octanol–water partition coefficient (Wildman–Crippen LogP) is 3.25. The van der Waals surface area contributed by atoms with Crippen molar-refractivity contribution >= 4 is 11.6 Å². The van der Waals surface area contributed by atoms with Crippen molar-refractivity contribution in [3.05, 3.63) is 34.1 Å². The van der Waals surface area contributed by atoms with E-state index in [1.54, 1.807) is 6.92 Å². The number of hydrogen-bond acceptors (Lipinski definition) is 1. The van der Waals surface area contributed by atoms with E-state index in [0.29, 0.717) is 16.5 Å². The second-order valence-electron chi connectivity index (χ2n) is 4.12. The summed E-state index contributed by atoms with van der Waals surface area (Å²) in [5.41, 5.74) is 1.60. The quantitative estimate of drug-likeness (QED) is 0.777. The van der Waals surface area contributed by atoms with Gasteiger partial charge in [-0.1, -0.05) is 23.7 Å². The molecule has 1 N–H and O–H groups in total. The van der Waals surface area contributed by atoms with Gasteiger partial charge >= 0.3 is 0 Å². The van der Waals surface area contributed by atoms with Crippen LogP contribution >= 0.6 is 11.6 Å². The maximum Gasteiger partial charge on any atom is 0.144 e. The molecular formula is C12H15ClFN. The molecule has 0 amide bonds. The highest BCUT2D eigenvalue weighted by atomic mass is 35.5. The first-order valence-electron chi connectivity index (χ1n) is 5.35. The normalized spacial score (nSPS) is 18.1. The molecule has 0 radical (unpaired) electrons. The summed E-state index contributed by atoms with van der Waals surface area (Å²) in [6.45, 7) is 3.74. The summed E-state index contributed by atoms with van der Waals surface area (Å²) >= 11 is 6.04. The molecule has 0 aromatic heterocycles. The topological polar surface area (TPSA) is 12.0 Å². The standard InChI is InChI=1S/C12H15ClFN/c1-8-2-3-10(11(13)12(8)14)9-4-6-15-7-5-9/h2-3,9,15H,4-7H2,1H3. The summed E-state index contributed by atoms with van der Waals surface area (Å²) in [7, 11) is 0. The Morgan fingerprint density at radius 2 is 2.00 bits per heavy atom. The van der Waals surface area contributed by atoms with Gasteiger partial charge in [-0.15, -0.1) is 0 Å². The monoisotopic (exact) mass is 227 g/mol. The molecule has 1 aliphatic rings. The maximum atomic E-state index is 13.6. The average molecular weight is 228 g/mol. The molecule has 1 aliphatic heterocycles. The van der Waals surface area contributed by atoms with Crippen LogP contribution in [0.4, 0.5) is 4.39 Å². The fourth-order valence-corrected chi connectivity index (χ4v) is 2.48. The van der Waals surface area contributed by atoms with Crippen LogP contribution in [0.1, 0.15) is 29.9 Å². The van der Waals surface area contributed by atoms with E-state index in [9.17, 15) is 4.39 Å². The second-order valence-corrected chi connectivity index (χ2v) is 4.50. The van der Waals surface area contributed by atoms with Crippen molar-refractivity contribution in [1.29, 1.82) is 0 Å². The van der Waals surface area contributed by atoms with Crippen LogP contribution in [0.2, 0.25) is 5.02 Å². The third-order valence-electron chi connectivity index (χ3n) is 3.08. The van der Waals surface area contributed by atoms with Crippen molar-refractivity contribution < 1.29 is 4.39 Å². The van der Waals surface area contributed by atoms with Crippen molar-refractivity contribution in [2.75, 3.05) is 13.1 Å². The van der Waals surface area contributed by atoms with Crippen molar-refractivity contribution in [3.8, 4) is 0 Å². The number of piperidine rings is 1.